The highest BCUT2D eigenvalue weighted by molar-refractivity contribution is 7.99. The van der Waals surface area contributed by atoms with Crippen molar-refractivity contribution in [2.75, 3.05) is 23.0 Å². The van der Waals surface area contributed by atoms with Crippen LogP contribution in [0.3, 0.4) is 0 Å². The average molecular weight is 286 g/mol. The summed E-state index contributed by atoms with van der Waals surface area (Å²) in [6.45, 7) is 0.383. The summed E-state index contributed by atoms with van der Waals surface area (Å²) in [6.07, 6.45) is 0. The molecular weight excluding hydrogens is 275 g/mol. The molecule has 0 saturated carbocycles. The first-order chi connectivity index (χ1) is 9.00. The Morgan fingerprint density at radius 3 is 2.95 bits per heavy atom. The third kappa shape index (κ3) is 2.78. The number of carboxylic acid groups (broad SMARTS) is 1. The lowest BCUT2D eigenvalue weighted by Gasteiger charge is -2.34. The Morgan fingerprint density at radius 1 is 1.58 bits per heavy atom. The number of halogens is 1. The van der Waals surface area contributed by atoms with E-state index in [1.807, 2.05) is 0 Å². The molecule has 1 aliphatic heterocycles. The standard InChI is InChI=1S/C11H11FN2O4S/c12-7-1-2-8(9(5-7)14(17)18)13-3-4-19-6-10(13)11(15)16/h1-2,5,10H,3-4,6H2,(H,15,16). The zero-order valence-corrected chi connectivity index (χ0v) is 10.6. The van der Waals surface area contributed by atoms with Gasteiger partial charge in [-0.15, -0.1) is 0 Å². The van der Waals surface area contributed by atoms with Crippen molar-refractivity contribution in [3.63, 3.8) is 0 Å². The number of anilines is 1. The van der Waals surface area contributed by atoms with E-state index in [1.165, 1.54) is 22.7 Å². The second-order valence-corrected chi connectivity index (χ2v) is 5.16. The van der Waals surface area contributed by atoms with Gasteiger partial charge in [-0.2, -0.15) is 11.8 Å². The Labute approximate surface area is 112 Å². The number of nitro benzene ring substituents is 1. The van der Waals surface area contributed by atoms with Gasteiger partial charge in [-0.1, -0.05) is 0 Å². The topological polar surface area (TPSA) is 83.7 Å². The highest BCUT2D eigenvalue weighted by Crippen LogP contribution is 2.33. The second-order valence-electron chi connectivity index (χ2n) is 4.01. The van der Waals surface area contributed by atoms with Crippen molar-refractivity contribution < 1.29 is 19.2 Å². The molecule has 0 aromatic heterocycles. The third-order valence-corrected chi connectivity index (χ3v) is 3.88. The highest BCUT2D eigenvalue weighted by Gasteiger charge is 2.32. The molecule has 1 N–H and O–H groups in total. The molecule has 1 aromatic carbocycles. The van der Waals surface area contributed by atoms with E-state index in [-0.39, 0.29) is 5.69 Å². The predicted octanol–water partition coefficient (Wildman–Crippen LogP) is 1.74. The molecule has 1 unspecified atom stereocenters. The first kappa shape index (κ1) is 13.6. The van der Waals surface area contributed by atoms with Crippen molar-refractivity contribution in [1.82, 2.24) is 0 Å². The number of rotatable bonds is 3. The molecule has 8 heteroatoms. The zero-order chi connectivity index (χ0) is 14.0. The van der Waals surface area contributed by atoms with Gasteiger partial charge in [-0.3, -0.25) is 10.1 Å². The Balaban J connectivity index is 2.44. The summed E-state index contributed by atoms with van der Waals surface area (Å²) >= 11 is 1.48. The molecule has 1 aromatic rings. The molecule has 1 atom stereocenters. The van der Waals surface area contributed by atoms with Gasteiger partial charge in [0.25, 0.3) is 5.69 Å². The smallest absolute Gasteiger partial charge is 0.327 e. The highest BCUT2D eigenvalue weighted by atomic mass is 32.2. The van der Waals surface area contributed by atoms with Crippen molar-refractivity contribution in [3.8, 4) is 0 Å². The van der Waals surface area contributed by atoms with Crippen LogP contribution in [0.5, 0.6) is 0 Å². The van der Waals surface area contributed by atoms with Gasteiger partial charge in [0, 0.05) is 18.1 Å². The fourth-order valence-electron chi connectivity index (χ4n) is 1.98. The molecule has 1 fully saturated rings. The summed E-state index contributed by atoms with van der Waals surface area (Å²) in [5.74, 6) is -0.720. The molecule has 0 spiro atoms. The van der Waals surface area contributed by atoms with Gasteiger partial charge in [0.2, 0.25) is 0 Å². The van der Waals surface area contributed by atoms with E-state index < -0.39 is 28.4 Å². The first-order valence-electron chi connectivity index (χ1n) is 5.52. The summed E-state index contributed by atoms with van der Waals surface area (Å²) < 4.78 is 13.1. The molecule has 1 saturated heterocycles. The van der Waals surface area contributed by atoms with Gasteiger partial charge in [-0.25, -0.2) is 9.18 Å². The molecule has 19 heavy (non-hydrogen) atoms. The lowest BCUT2D eigenvalue weighted by molar-refractivity contribution is -0.384. The van der Waals surface area contributed by atoms with Crippen LogP contribution < -0.4 is 4.90 Å². The maximum absolute atomic E-state index is 13.1. The molecule has 0 bridgehead atoms. The van der Waals surface area contributed by atoms with Crippen molar-refractivity contribution in [1.29, 1.82) is 0 Å². The fraction of sp³-hybridized carbons (Fsp3) is 0.364. The minimum atomic E-state index is -1.04. The van der Waals surface area contributed by atoms with E-state index in [9.17, 15) is 19.3 Å². The van der Waals surface area contributed by atoms with Gasteiger partial charge < -0.3 is 10.0 Å². The van der Waals surface area contributed by atoms with Crippen LogP contribution in [0.25, 0.3) is 0 Å². The number of hydrogen-bond acceptors (Lipinski definition) is 5. The molecule has 6 nitrogen and oxygen atoms in total. The fourth-order valence-corrected chi connectivity index (χ4v) is 3.02. The van der Waals surface area contributed by atoms with Crippen LogP contribution in [-0.4, -0.2) is 40.1 Å². The number of hydrogen-bond donors (Lipinski definition) is 1. The van der Waals surface area contributed by atoms with E-state index in [4.69, 9.17) is 5.11 Å². The lowest BCUT2D eigenvalue weighted by atomic mass is 10.2. The summed E-state index contributed by atoms with van der Waals surface area (Å²) in [5.41, 5.74) is -0.253. The van der Waals surface area contributed by atoms with Gasteiger partial charge in [0.05, 0.1) is 11.0 Å². The lowest BCUT2D eigenvalue weighted by Crippen LogP contribution is -2.47. The number of nitro groups is 1. The number of nitrogens with zero attached hydrogens (tertiary/aromatic N) is 2. The van der Waals surface area contributed by atoms with Crippen LogP contribution in [0.1, 0.15) is 0 Å². The first-order valence-corrected chi connectivity index (χ1v) is 6.67. The number of benzene rings is 1. The molecule has 1 heterocycles. The molecule has 2 rings (SSSR count). The van der Waals surface area contributed by atoms with Crippen molar-refractivity contribution in [2.45, 2.75) is 6.04 Å². The molecule has 0 radical (unpaired) electrons. The maximum Gasteiger partial charge on any atom is 0.327 e. The molecule has 0 aliphatic carbocycles. The minimum Gasteiger partial charge on any atom is -0.480 e. The molecule has 0 amide bonds. The van der Waals surface area contributed by atoms with E-state index in [0.717, 1.165) is 12.1 Å². The van der Waals surface area contributed by atoms with Gasteiger partial charge in [0.15, 0.2) is 0 Å². The number of carbonyl (C=O) groups is 1. The monoisotopic (exact) mass is 286 g/mol. The Bertz CT molecular complexity index is 525. The van der Waals surface area contributed by atoms with Gasteiger partial charge in [-0.05, 0) is 12.1 Å². The number of thioether (sulfide) groups is 1. The SMILES string of the molecule is O=C(O)C1CSCCN1c1ccc(F)cc1[N+](=O)[O-]. The minimum absolute atomic E-state index is 0.152. The molecule has 102 valence electrons. The summed E-state index contributed by atoms with van der Waals surface area (Å²) in [5, 5.41) is 20.1. The van der Waals surface area contributed by atoms with E-state index >= 15 is 0 Å². The van der Waals surface area contributed by atoms with E-state index in [1.54, 1.807) is 0 Å². The van der Waals surface area contributed by atoms with Crippen molar-refractivity contribution in [3.05, 3.63) is 34.1 Å². The van der Waals surface area contributed by atoms with Crippen LogP contribution in [0, 0.1) is 15.9 Å². The second kappa shape index (κ2) is 5.43. The Morgan fingerprint density at radius 2 is 2.32 bits per heavy atom. The van der Waals surface area contributed by atoms with Crippen molar-refractivity contribution >= 4 is 29.1 Å². The van der Waals surface area contributed by atoms with Gasteiger partial charge >= 0.3 is 5.97 Å². The van der Waals surface area contributed by atoms with E-state index in [0.29, 0.717) is 18.1 Å². The van der Waals surface area contributed by atoms with Crippen LogP contribution in [0.15, 0.2) is 18.2 Å². The Hall–Kier alpha value is -1.83. The average Bonchev–Trinajstić information content (AvgIpc) is 2.38. The van der Waals surface area contributed by atoms with Crippen LogP contribution in [0.4, 0.5) is 15.8 Å². The Kier molecular flexibility index (Phi) is 3.89. The normalized spacial score (nSPS) is 19.2. The molecular formula is C11H11FN2O4S. The summed E-state index contributed by atoms with van der Waals surface area (Å²) in [6, 6.07) is 2.35. The summed E-state index contributed by atoms with van der Waals surface area (Å²) in [7, 11) is 0. The van der Waals surface area contributed by atoms with Crippen molar-refractivity contribution in [2.24, 2.45) is 0 Å². The third-order valence-electron chi connectivity index (χ3n) is 2.86. The predicted molar refractivity (Wildman–Crippen MR) is 69.1 cm³/mol. The quantitative estimate of drug-likeness (QED) is 0.673. The van der Waals surface area contributed by atoms with Crippen LogP contribution in [-0.2, 0) is 4.79 Å². The maximum atomic E-state index is 13.1. The number of carboxylic acids is 1. The van der Waals surface area contributed by atoms with Gasteiger partial charge in [0.1, 0.15) is 17.5 Å². The van der Waals surface area contributed by atoms with E-state index in [2.05, 4.69) is 0 Å². The largest absolute Gasteiger partial charge is 0.480 e. The summed E-state index contributed by atoms with van der Waals surface area (Å²) in [4.78, 5) is 22.9. The molecule has 1 aliphatic rings. The zero-order valence-electron chi connectivity index (χ0n) is 9.78. The number of aliphatic carboxylic acids is 1. The van der Waals surface area contributed by atoms with Crippen LogP contribution in [0.2, 0.25) is 0 Å². The van der Waals surface area contributed by atoms with Crippen LogP contribution >= 0.6 is 11.8 Å².